The number of unbranched alkanes of at least 4 members (excludes halogenated alkanes) is 7. The van der Waals surface area contributed by atoms with Crippen LogP contribution in [0.15, 0.2) is 12.2 Å². The van der Waals surface area contributed by atoms with Crippen molar-refractivity contribution in [3.63, 3.8) is 0 Å². The minimum absolute atomic E-state index is 0.108. The molecule has 3 atom stereocenters. The van der Waals surface area contributed by atoms with Gasteiger partial charge in [0.1, 0.15) is 0 Å². The zero-order chi connectivity index (χ0) is 18.6. The third-order valence-electron chi connectivity index (χ3n) is 5.16. The Morgan fingerprint density at radius 1 is 0.885 bits per heavy atom. The summed E-state index contributed by atoms with van der Waals surface area (Å²) in [6, 6.07) is 0. The lowest BCUT2D eigenvalue weighted by Crippen LogP contribution is -2.23. The van der Waals surface area contributed by atoms with Crippen LogP contribution >= 0.6 is 11.8 Å². The molecule has 2 amide bonds. The van der Waals surface area contributed by atoms with Gasteiger partial charge in [-0.2, -0.15) is 0 Å². The van der Waals surface area contributed by atoms with E-state index in [-0.39, 0.29) is 16.4 Å². The van der Waals surface area contributed by atoms with Gasteiger partial charge >= 0.3 is 0 Å². The molecule has 3 unspecified atom stereocenters. The summed E-state index contributed by atoms with van der Waals surface area (Å²) in [5.74, 6) is -0.108. The Hall–Kier alpha value is -0.810. The van der Waals surface area contributed by atoms with Crippen molar-refractivity contribution in [1.82, 2.24) is 5.32 Å². The average Bonchev–Trinajstić information content (AvgIpc) is 3.28. The molecule has 148 valence electrons. The molecule has 0 aliphatic carbocycles. The highest BCUT2D eigenvalue weighted by Gasteiger charge is 2.36. The first-order valence-electron chi connectivity index (χ1n) is 10.5. The molecule has 0 spiro atoms. The van der Waals surface area contributed by atoms with Crippen LogP contribution in [-0.4, -0.2) is 28.6 Å². The number of imide groups is 1. The smallest absolute Gasteiger partial charge is 0.286 e. The van der Waals surface area contributed by atoms with Crippen molar-refractivity contribution < 1.29 is 14.3 Å². The van der Waals surface area contributed by atoms with E-state index in [2.05, 4.69) is 24.4 Å². The van der Waals surface area contributed by atoms with E-state index in [1.807, 2.05) is 0 Å². The molecule has 2 heterocycles. The zero-order valence-corrected chi connectivity index (χ0v) is 17.0. The molecule has 1 N–H and O–H groups in total. The maximum absolute atomic E-state index is 11.4. The summed E-state index contributed by atoms with van der Waals surface area (Å²) in [5, 5.41) is 2.00. The molecule has 2 fully saturated rings. The Kier molecular flexibility index (Phi) is 10.4. The lowest BCUT2D eigenvalue weighted by atomic mass is 10.1. The van der Waals surface area contributed by atoms with Crippen LogP contribution < -0.4 is 5.32 Å². The van der Waals surface area contributed by atoms with Gasteiger partial charge in [-0.25, -0.2) is 0 Å². The number of hydrogen-bond acceptors (Lipinski definition) is 4. The predicted octanol–water partition coefficient (Wildman–Crippen LogP) is 5.75. The van der Waals surface area contributed by atoms with Crippen LogP contribution in [0.3, 0.4) is 0 Å². The Bertz CT molecular complexity index is 466. The monoisotopic (exact) mass is 381 g/mol. The average molecular weight is 382 g/mol. The Morgan fingerprint density at radius 3 is 2.12 bits per heavy atom. The Labute approximate surface area is 162 Å². The molecule has 0 aromatic carbocycles. The molecule has 0 aromatic heterocycles. The van der Waals surface area contributed by atoms with Gasteiger partial charge in [-0.1, -0.05) is 69.4 Å². The van der Waals surface area contributed by atoms with E-state index in [0.717, 1.165) is 37.4 Å². The molecule has 4 nitrogen and oxygen atoms in total. The van der Waals surface area contributed by atoms with Gasteiger partial charge in [0.2, 0.25) is 5.91 Å². The Balaban J connectivity index is 1.33. The van der Waals surface area contributed by atoms with Gasteiger partial charge < -0.3 is 4.74 Å². The van der Waals surface area contributed by atoms with E-state index in [1.165, 1.54) is 57.8 Å². The van der Waals surface area contributed by atoms with Crippen molar-refractivity contribution in [2.75, 3.05) is 0 Å². The molecule has 2 saturated heterocycles. The molecule has 26 heavy (non-hydrogen) atoms. The van der Waals surface area contributed by atoms with E-state index in [9.17, 15) is 9.59 Å². The quantitative estimate of drug-likeness (QED) is 0.223. The zero-order valence-electron chi connectivity index (χ0n) is 16.2. The largest absolute Gasteiger partial charge is 0.370 e. The molecular formula is C21H35NO3S. The number of rotatable bonds is 15. The predicted molar refractivity (Wildman–Crippen MR) is 108 cm³/mol. The number of nitrogens with one attached hydrogen (secondary N) is 1. The van der Waals surface area contributed by atoms with E-state index in [0.29, 0.717) is 12.2 Å². The summed E-state index contributed by atoms with van der Waals surface area (Å²) in [5.41, 5.74) is 0. The standard InChI is InChI=1S/C21H35NO3S/c1-2-3-11-14-17-18(25-17)15-12-9-7-5-4-6-8-10-13-16-19-20(23)22-21(24)26-19/h4-5,17-19H,2-3,6-16H2,1H3,(H,22,23,24)/b5-4-. The third-order valence-corrected chi connectivity index (χ3v) is 6.21. The van der Waals surface area contributed by atoms with Crippen molar-refractivity contribution in [1.29, 1.82) is 0 Å². The fraction of sp³-hybridized carbons (Fsp3) is 0.810. The van der Waals surface area contributed by atoms with Crippen LogP contribution in [0.1, 0.15) is 90.4 Å². The number of amides is 2. The highest BCUT2D eigenvalue weighted by molar-refractivity contribution is 8.15. The fourth-order valence-corrected chi connectivity index (χ4v) is 4.35. The van der Waals surface area contributed by atoms with E-state index in [4.69, 9.17) is 4.74 Å². The lowest BCUT2D eigenvalue weighted by Gasteiger charge is -2.03. The van der Waals surface area contributed by atoms with Gasteiger partial charge in [-0.3, -0.25) is 14.9 Å². The first kappa shape index (κ1) is 21.5. The molecular weight excluding hydrogens is 346 g/mol. The molecule has 2 rings (SSSR count). The summed E-state index contributed by atoms with van der Waals surface area (Å²) in [6.45, 7) is 2.25. The van der Waals surface area contributed by atoms with Crippen molar-refractivity contribution in [2.45, 2.75) is 108 Å². The minimum atomic E-state index is -0.191. The van der Waals surface area contributed by atoms with Crippen LogP contribution in [-0.2, 0) is 9.53 Å². The molecule has 5 heteroatoms. The molecule has 0 aromatic rings. The van der Waals surface area contributed by atoms with Gasteiger partial charge in [-0.15, -0.1) is 0 Å². The van der Waals surface area contributed by atoms with E-state index < -0.39 is 0 Å². The minimum Gasteiger partial charge on any atom is -0.370 e. The SMILES string of the molecule is CCCCCC1OC1CCCC/C=C\CCCCCC1SC(=O)NC1=O. The third kappa shape index (κ3) is 8.72. The van der Waals surface area contributed by atoms with Crippen molar-refractivity contribution in [3.05, 3.63) is 12.2 Å². The number of epoxide rings is 1. The number of carbonyl (C=O) groups excluding carboxylic acids is 2. The molecule has 2 aliphatic heterocycles. The number of allylic oxidation sites excluding steroid dienone is 2. The van der Waals surface area contributed by atoms with Gasteiger partial charge in [0.25, 0.3) is 5.24 Å². The van der Waals surface area contributed by atoms with Crippen LogP contribution in [0.4, 0.5) is 4.79 Å². The van der Waals surface area contributed by atoms with Gasteiger partial charge in [0.15, 0.2) is 0 Å². The summed E-state index contributed by atoms with van der Waals surface area (Å²) in [4.78, 5) is 22.5. The topological polar surface area (TPSA) is 58.7 Å². The van der Waals surface area contributed by atoms with Crippen LogP contribution in [0.2, 0.25) is 0 Å². The van der Waals surface area contributed by atoms with Crippen LogP contribution in [0.5, 0.6) is 0 Å². The van der Waals surface area contributed by atoms with Gasteiger partial charge in [-0.05, 0) is 44.9 Å². The van der Waals surface area contributed by atoms with E-state index in [1.54, 1.807) is 0 Å². The number of thioether (sulfide) groups is 1. The maximum atomic E-state index is 11.4. The van der Waals surface area contributed by atoms with Crippen molar-refractivity contribution in [3.8, 4) is 0 Å². The molecule has 0 bridgehead atoms. The maximum Gasteiger partial charge on any atom is 0.286 e. The van der Waals surface area contributed by atoms with E-state index >= 15 is 0 Å². The number of hydrogen-bond donors (Lipinski definition) is 1. The molecule has 0 radical (unpaired) electrons. The van der Waals surface area contributed by atoms with Crippen LogP contribution in [0, 0.1) is 0 Å². The number of ether oxygens (including phenoxy) is 1. The second-order valence-corrected chi connectivity index (χ2v) is 8.66. The summed E-state index contributed by atoms with van der Waals surface area (Å²) < 4.78 is 5.73. The number of carbonyl (C=O) groups is 2. The van der Waals surface area contributed by atoms with Crippen LogP contribution in [0.25, 0.3) is 0 Å². The highest BCUT2D eigenvalue weighted by Crippen LogP contribution is 2.31. The fourth-order valence-electron chi connectivity index (χ4n) is 3.48. The lowest BCUT2D eigenvalue weighted by molar-refractivity contribution is -0.119. The van der Waals surface area contributed by atoms with Crippen molar-refractivity contribution in [2.24, 2.45) is 0 Å². The molecule has 2 aliphatic rings. The highest BCUT2D eigenvalue weighted by atomic mass is 32.2. The van der Waals surface area contributed by atoms with Gasteiger partial charge in [0, 0.05) is 0 Å². The second-order valence-electron chi connectivity index (χ2n) is 7.49. The van der Waals surface area contributed by atoms with Crippen molar-refractivity contribution >= 4 is 22.9 Å². The normalized spacial score (nSPS) is 25.2. The Morgan fingerprint density at radius 2 is 1.50 bits per heavy atom. The summed E-state index contributed by atoms with van der Waals surface area (Å²) >= 11 is 1.14. The second kappa shape index (κ2) is 12.6. The van der Waals surface area contributed by atoms with Gasteiger partial charge in [0.05, 0.1) is 17.5 Å². The first-order valence-corrected chi connectivity index (χ1v) is 11.4. The summed E-state index contributed by atoms with van der Waals surface area (Å²) in [7, 11) is 0. The summed E-state index contributed by atoms with van der Waals surface area (Å²) in [6.07, 6.45) is 21.2. The first-order chi connectivity index (χ1) is 12.7. The molecule has 0 saturated carbocycles.